The van der Waals surface area contributed by atoms with Crippen molar-refractivity contribution in [2.24, 2.45) is 5.10 Å². The van der Waals surface area contributed by atoms with Crippen molar-refractivity contribution in [2.75, 3.05) is 5.32 Å². The van der Waals surface area contributed by atoms with Gasteiger partial charge in [0.2, 0.25) is 0 Å². The van der Waals surface area contributed by atoms with Crippen molar-refractivity contribution in [2.45, 2.75) is 18.2 Å². The number of fused-ring (bicyclic) bond motifs is 6. The van der Waals surface area contributed by atoms with Gasteiger partial charge in [0, 0.05) is 21.5 Å². The second-order valence-electron chi connectivity index (χ2n) is 7.69. The van der Waals surface area contributed by atoms with Gasteiger partial charge < -0.3 is 10.1 Å². The first kappa shape index (κ1) is 18.8. The van der Waals surface area contributed by atoms with Gasteiger partial charge in [0.25, 0.3) is 5.91 Å². The molecular formula is C23H14BrClFN3O2. The standard InChI is InChI=1S/C23H14BrClFN3O2/c24-13-3-8-21-16(9-13)20-11-19(12-1-5-15(26)6-2-12)28-29(20)23(31-21)17-10-14(25)4-7-18(17)27-22(23)30/h1-10,20H,11H2,(H,27,30)/t20-,23+/m1/s1. The fourth-order valence-electron chi connectivity index (χ4n) is 4.50. The molecule has 31 heavy (non-hydrogen) atoms. The maximum absolute atomic E-state index is 13.5. The van der Waals surface area contributed by atoms with Crippen molar-refractivity contribution in [1.29, 1.82) is 0 Å². The lowest BCUT2D eigenvalue weighted by atomic mass is 9.92. The molecule has 8 heteroatoms. The second-order valence-corrected chi connectivity index (χ2v) is 9.04. The second kappa shape index (κ2) is 6.55. The van der Waals surface area contributed by atoms with Crippen LogP contribution in [0.1, 0.15) is 29.2 Å². The minimum Gasteiger partial charge on any atom is -0.453 e. The highest BCUT2D eigenvalue weighted by atomic mass is 79.9. The van der Waals surface area contributed by atoms with Crippen molar-refractivity contribution >= 4 is 44.8 Å². The summed E-state index contributed by atoms with van der Waals surface area (Å²) >= 11 is 9.81. The van der Waals surface area contributed by atoms with Crippen molar-refractivity contribution in [3.05, 3.63) is 92.7 Å². The van der Waals surface area contributed by atoms with E-state index in [-0.39, 0.29) is 17.8 Å². The van der Waals surface area contributed by atoms with Crippen molar-refractivity contribution < 1.29 is 13.9 Å². The Balaban J connectivity index is 1.58. The number of carbonyl (C=O) groups is 1. The first-order chi connectivity index (χ1) is 15.0. The molecule has 0 aromatic heterocycles. The van der Waals surface area contributed by atoms with Gasteiger partial charge in [-0.25, -0.2) is 9.40 Å². The molecule has 0 saturated heterocycles. The summed E-state index contributed by atoms with van der Waals surface area (Å²) in [5, 5.41) is 9.96. The first-order valence-corrected chi connectivity index (χ1v) is 10.9. The van der Waals surface area contributed by atoms with E-state index >= 15 is 0 Å². The molecule has 6 rings (SSSR count). The molecule has 3 aliphatic rings. The Morgan fingerprint density at radius 3 is 2.77 bits per heavy atom. The van der Waals surface area contributed by atoms with Crippen LogP contribution in [0.2, 0.25) is 5.02 Å². The normalized spacial score (nSPS) is 23.1. The van der Waals surface area contributed by atoms with Crippen molar-refractivity contribution in [1.82, 2.24) is 5.01 Å². The van der Waals surface area contributed by atoms with Gasteiger partial charge in [0.15, 0.2) is 0 Å². The molecule has 3 aromatic carbocycles. The fourth-order valence-corrected chi connectivity index (χ4v) is 5.05. The molecule has 3 aliphatic heterocycles. The number of nitrogens with one attached hydrogen (secondary N) is 1. The molecule has 1 N–H and O–H groups in total. The number of ether oxygens (including phenoxy) is 1. The number of hydrazone groups is 1. The third-order valence-electron chi connectivity index (χ3n) is 5.90. The van der Waals surface area contributed by atoms with Gasteiger partial charge in [-0.05, 0) is 54.1 Å². The summed E-state index contributed by atoms with van der Waals surface area (Å²) in [7, 11) is 0. The zero-order chi connectivity index (χ0) is 21.3. The average Bonchev–Trinajstić information content (AvgIpc) is 3.31. The van der Waals surface area contributed by atoms with Crippen LogP contribution in [-0.4, -0.2) is 16.6 Å². The Bertz CT molecular complexity index is 1300. The van der Waals surface area contributed by atoms with E-state index in [0.29, 0.717) is 28.4 Å². The molecule has 0 unspecified atom stereocenters. The summed E-state index contributed by atoms with van der Waals surface area (Å²) in [5.41, 5.74) is 2.25. The van der Waals surface area contributed by atoms with Crippen LogP contribution in [0.3, 0.4) is 0 Å². The molecule has 0 aliphatic carbocycles. The van der Waals surface area contributed by atoms with Crippen LogP contribution in [0.15, 0.2) is 70.2 Å². The molecule has 2 atom stereocenters. The Kier molecular flexibility index (Phi) is 3.98. The van der Waals surface area contributed by atoms with Crippen LogP contribution in [0.25, 0.3) is 0 Å². The quantitative estimate of drug-likeness (QED) is 0.476. The van der Waals surface area contributed by atoms with Gasteiger partial charge in [0.1, 0.15) is 11.6 Å². The Labute approximate surface area is 190 Å². The van der Waals surface area contributed by atoms with E-state index < -0.39 is 5.72 Å². The van der Waals surface area contributed by atoms with Gasteiger partial charge in [0.05, 0.1) is 23.0 Å². The Morgan fingerprint density at radius 2 is 1.97 bits per heavy atom. The number of carbonyl (C=O) groups excluding carboxylic acids is 1. The van der Waals surface area contributed by atoms with Gasteiger partial charge >= 0.3 is 5.72 Å². The zero-order valence-electron chi connectivity index (χ0n) is 15.9. The van der Waals surface area contributed by atoms with E-state index in [4.69, 9.17) is 21.4 Å². The van der Waals surface area contributed by atoms with E-state index in [1.54, 1.807) is 35.3 Å². The molecular weight excluding hydrogens is 485 g/mol. The largest absolute Gasteiger partial charge is 0.453 e. The van der Waals surface area contributed by atoms with Crippen LogP contribution >= 0.6 is 27.5 Å². The summed E-state index contributed by atoms with van der Waals surface area (Å²) in [5.74, 6) is -0.0247. The molecule has 1 amide bonds. The number of hydrogen-bond acceptors (Lipinski definition) is 4. The van der Waals surface area contributed by atoms with Crippen LogP contribution in [0, 0.1) is 5.82 Å². The highest BCUT2D eigenvalue weighted by molar-refractivity contribution is 9.10. The maximum atomic E-state index is 13.5. The maximum Gasteiger partial charge on any atom is 0.306 e. The monoisotopic (exact) mass is 497 g/mol. The van der Waals surface area contributed by atoms with Crippen molar-refractivity contribution in [3.63, 3.8) is 0 Å². The van der Waals surface area contributed by atoms with Gasteiger partial charge in [-0.3, -0.25) is 4.79 Å². The van der Waals surface area contributed by atoms with Gasteiger partial charge in [-0.2, -0.15) is 5.10 Å². The van der Waals surface area contributed by atoms with Gasteiger partial charge in [-0.1, -0.05) is 39.7 Å². The molecule has 0 fully saturated rings. The number of hydrogen-bond donors (Lipinski definition) is 1. The van der Waals surface area contributed by atoms with Crippen LogP contribution in [0.5, 0.6) is 5.75 Å². The number of nitrogens with zero attached hydrogens (tertiary/aromatic N) is 2. The molecule has 0 bridgehead atoms. The molecule has 1 spiro atoms. The van der Waals surface area contributed by atoms with E-state index in [0.717, 1.165) is 21.3 Å². The SMILES string of the molecule is O=C1Nc2ccc(Cl)cc2[C@]12Oc1ccc(Br)cc1[C@H]1CC(c3ccc(F)cc3)=NN12. The van der Waals surface area contributed by atoms with Crippen LogP contribution in [0.4, 0.5) is 10.1 Å². The molecule has 5 nitrogen and oxygen atoms in total. The molecule has 3 aromatic rings. The van der Waals surface area contributed by atoms with E-state index in [1.807, 2.05) is 18.2 Å². The average molecular weight is 499 g/mol. The number of halogens is 3. The predicted molar refractivity (Wildman–Crippen MR) is 119 cm³/mol. The smallest absolute Gasteiger partial charge is 0.306 e. The minimum absolute atomic E-state index is 0.239. The topological polar surface area (TPSA) is 53.9 Å². The predicted octanol–water partition coefficient (Wildman–Crippen LogP) is 5.59. The number of amides is 1. The third-order valence-corrected chi connectivity index (χ3v) is 6.63. The van der Waals surface area contributed by atoms with E-state index in [2.05, 4.69) is 21.2 Å². The Hall–Kier alpha value is -2.90. The molecule has 0 radical (unpaired) electrons. The highest BCUT2D eigenvalue weighted by Crippen LogP contribution is 2.54. The number of benzene rings is 3. The lowest BCUT2D eigenvalue weighted by Crippen LogP contribution is -2.55. The minimum atomic E-state index is -1.48. The fraction of sp³-hybridized carbons (Fsp3) is 0.130. The lowest BCUT2D eigenvalue weighted by molar-refractivity contribution is -0.161. The zero-order valence-corrected chi connectivity index (χ0v) is 18.2. The summed E-state index contributed by atoms with van der Waals surface area (Å²) in [4.78, 5) is 13.4. The molecule has 3 heterocycles. The third kappa shape index (κ3) is 2.66. The summed E-state index contributed by atoms with van der Waals surface area (Å²) in [6, 6.07) is 16.9. The van der Waals surface area contributed by atoms with Gasteiger partial charge in [-0.15, -0.1) is 0 Å². The lowest BCUT2D eigenvalue weighted by Gasteiger charge is -2.44. The van der Waals surface area contributed by atoms with Crippen LogP contribution in [-0.2, 0) is 10.5 Å². The van der Waals surface area contributed by atoms with Crippen LogP contribution < -0.4 is 10.1 Å². The molecule has 0 saturated carbocycles. The molecule has 154 valence electrons. The highest BCUT2D eigenvalue weighted by Gasteiger charge is 2.61. The van der Waals surface area contributed by atoms with Crippen molar-refractivity contribution in [3.8, 4) is 5.75 Å². The Morgan fingerprint density at radius 1 is 1.16 bits per heavy atom. The summed E-state index contributed by atoms with van der Waals surface area (Å²) in [6.45, 7) is 0. The summed E-state index contributed by atoms with van der Waals surface area (Å²) < 4.78 is 20.8. The number of rotatable bonds is 1. The van der Waals surface area contributed by atoms with E-state index in [9.17, 15) is 9.18 Å². The number of anilines is 1. The van der Waals surface area contributed by atoms with E-state index in [1.165, 1.54) is 12.1 Å². The summed E-state index contributed by atoms with van der Waals surface area (Å²) in [6.07, 6.45) is 0.545. The first-order valence-electron chi connectivity index (χ1n) is 9.68.